The zero-order valence-electron chi connectivity index (χ0n) is 18.5. The Labute approximate surface area is 201 Å². The number of nitro groups is 1. The van der Waals surface area contributed by atoms with Crippen LogP contribution in [0.5, 0.6) is 0 Å². The van der Waals surface area contributed by atoms with E-state index in [9.17, 15) is 23.3 Å². The number of nitro benzene ring substituents is 1. The first-order valence-corrected chi connectivity index (χ1v) is 13.2. The maximum atomic E-state index is 13.1. The molecule has 4 rings (SSSR count). The minimum Gasteiger partial charge on any atom is -0.298 e. The third-order valence-corrected chi connectivity index (χ3v) is 8.59. The van der Waals surface area contributed by atoms with Crippen LogP contribution in [0.3, 0.4) is 0 Å². The van der Waals surface area contributed by atoms with Crippen molar-refractivity contribution in [3.8, 4) is 11.3 Å². The molecule has 0 saturated carbocycles. The SMILES string of the molecule is CCC1CCCCN1S(=O)(=O)c1ccc(C(=O)Nc2nc(-c3ccc([N+](=O)[O-])cc3)cs2)cc1. The number of anilines is 1. The Morgan fingerprint density at radius 2 is 1.88 bits per heavy atom. The first kappa shape index (κ1) is 24.0. The molecule has 2 aromatic carbocycles. The van der Waals surface area contributed by atoms with Gasteiger partial charge in [-0.05, 0) is 55.7 Å². The zero-order valence-corrected chi connectivity index (χ0v) is 20.1. The van der Waals surface area contributed by atoms with Crippen molar-refractivity contribution < 1.29 is 18.1 Å². The van der Waals surface area contributed by atoms with Crippen molar-refractivity contribution in [1.82, 2.24) is 9.29 Å². The zero-order chi connectivity index (χ0) is 24.3. The van der Waals surface area contributed by atoms with Crippen LogP contribution in [0.15, 0.2) is 58.8 Å². The molecule has 0 bridgehead atoms. The van der Waals surface area contributed by atoms with Gasteiger partial charge in [0, 0.05) is 41.2 Å². The lowest BCUT2D eigenvalue weighted by Crippen LogP contribution is -2.43. The summed E-state index contributed by atoms with van der Waals surface area (Å²) < 4.78 is 27.8. The van der Waals surface area contributed by atoms with Crippen LogP contribution in [0, 0.1) is 10.1 Å². The van der Waals surface area contributed by atoms with Crippen LogP contribution in [-0.2, 0) is 10.0 Å². The number of non-ortho nitro benzene ring substituents is 1. The largest absolute Gasteiger partial charge is 0.298 e. The van der Waals surface area contributed by atoms with E-state index in [4.69, 9.17) is 0 Å². The van der Waals surface area contributed by atoms with E-state index in [2.05, 4.69) is 10.3 Å². The van der Waals surface area contributed by atoms with Crippen molar-refractivity contribution in [2.45, 2.75) is 43.5 Å². The Bertz CT molecular complexity index is 1290. The van der Waals surface area contributed by atoms with Gasteiger partial charge in [0.2, 0.25) is 10.0 Å². The number of rotatable bonds is 7. The number of thiazole rings is 1. The molecule has 2 heterocycles. The first-order valence-electron chi connectivity index (χ1n) is 10.9. The molecular weight excluding hydrogens is 476 g/mol. The van der Waals surface area contributed by atoms with Crippen LogP contribution in [0.4, 0.5) is 10.8 Å². The summed E-state index contributed by atoms with van der Waals surface area (Å²) in [5.74, 6) is -0.405. The molecule has 0 aliphatic carbocycles. The van der Waals surface area contributed by atoms with Gasteiger partial charge in [0.15, 0.2) is 5.13 Å². The second-order valence-corrected chi connectivity index (χ2v) is 10.7. The summed E-state index contributed by atoms with van der Waals surface area (Å²) in [7, 11) is -3.61. The first-order chi connectivity index (χ1) is 16.3. The van der Waals surface area contributed by atoms with Gasteiger partial charge in [-0.2, -0.15) is 4.31 Å². The van der Waals surface area contributed by atoms with Crippen LogP contribution in [0.25, 0.3) is 11.3 Å². The van der Waals surface area contributed by atoms with E-state index < -0.39 is 20.9 Å². The molecule has 1 fully saturated rings. The third kappa shape index (κ3) is 5.01. The van der Waals surface area contributed by atoms with Crippen molar-refractivity contribution in [1.29, 1.82) is 0 Å². The summed E-state index contributed by atoms with van der Waals surface area (Å²) in [6, 6.07) is 11.9. The maximum Gasteiger partial charge on any atom is 0.269 e. The monoisotopic (exact) mass is 500 g/mol. The van der Waals surface area contributed by atoms with Gasteiger partial charge in [-0.1, -0.05) is 13.3 Å². The fraction of sp³-hybridized carbons (Fsp3) is 0.304. The van der Waals surface area contributed by atoms with Crippen LogP contribution < -0.4 is 5.32 Å². The molecule has 11 heteroatoms. The average Bonchev–Trinajstić information content (AvgIpc) is 3.32. The highest BCUT2D eigenvalue weighted by atomic mass is 32.2. The molecule has 9 nitrogen and oxygen atoms in total. The van der Waals surface area contributed by atoms with Gasteiger partial charge >= 0.3 is 0 Å². The van der Waals surface area contributed by atoms with Crippen molar-refractivity contribution in [2.24, 2.45) is 0 Å². The molecule has 1 aromatic heterocycles. The highest BCUT2D eigenvalue weighted by Gasteiger charge is 2.32. The Kier molecular flexibility index (Phi) is 7.05. The van der Waals surface area contributed by atoms with Gasteiger partial charge in [-0.15, -0.1) is 11.3 Å². The maximum absolute atomic E-state index is 13.1. The van der Waals surface area contributed by atoms with E-state index in [1.165, 1.54) is 47.7 Å². The smallest absolute Gasteiger partial charge is 0.269 e. The van der Waals surface area contributed by atoms with Crippen molar-refractivity contribution >= 4 is 38.1 Å². The molecular formula is C23H24N4O5S2. The van der Waals surface area contributed by atoms with Crippen LogP contribution >= 0.6 is 11.3 Å². The van der Waals surface area contributed by atoms with Gasteiger partial charge in [0.05, 0.1) is 15.5 Å². The summed E-state index contributed by atoms with van der Waals surface area (Å²) in [6.45, 7) is 2.52. The van der Waals surface area contributed by atoms with Crippen molar-refractivity contribution in [2.75, 3.05) is 11.9 Å². The molecule has 3 aromatic rings. The van der Waals surface area contributed by atoms with Gasteiger partial charge in [0.25, 0.3) is 11.6 Å². The predicted octanol–water partition coefficient (Wildman–Crippen LogP) is 4.92. The van der Waals surface area contributed by atoms with E-state index in [0.29, 0.717) is 28.5 Å². The summed E-state index contributed by atoms with van der Waals surface area (Å²) >= 11 is 1.23. The fourth-order valence-electron chi connectivity index (χ4n) is 4.00. The number of sulfonamides is 1. The molecule has 34 heavy (non-hydrogen) atoms. The topological polar surface area (TPSA) is 123 Å². The van der Waals surface area contributed by atoms with E-state index >= 15 is 0 Å². The minimum atomic E-state index is -3.61. The summed E-state index contributed by atoms with van der Waals surface area (Å²) in [6.07, 6.45) is 3.53. The second kappa shape index (κ2) is 10.00. The number of hydrogen-bond acceptors (Lipinski definition) is 7. The number of aromatic nitrogens is 1. The Hall–Kier alpha value is -3.15. The Morgan fingerprint density at radius 1 is 1.18 bits per heavy atom. The molecule has 1 aliphatic heterocycles. The van der Waals surface area contributed by atoms with Gasteiger partial charge in [0.1, 0.15) is 0 Å². The second-order valence-electron chi connectivity index (χ2n) is 7.99. The predicted molar refractivity (Wildman–Crippen MR) is 130 cm³/mol. The highest BCUT2D eigenvalue weighted by Crippen LogP contribution is 2.28. The Morgan fingerprint density at radius 3 is 2.53 bits per heavy atom. The molecule has 1 aliphatic rings. The van der Waals surface area contributed by atoms with Crippen LogP contribution in [0.1, 0.15) is 43.0 Å². The number of nitrogens with one attached hydrogen (secondary N) is 1. The fourth-order valence-corrected chi connectivity index (χ4v) is 6.48. The average molecular weight is 501 g/mol. The number of benzene rings is 2. The van der Waals surface area contributed by atoms with E-state index in [1.807, 2.05) is 6.92 Å². The number of piperidine rings is 1. The molecule has 1 amide bonds. The number of nitrogens with zero attached hydrogens (tertiary/aromatic N) is 3. The van der Waals surface area contributed by atoms with Crippen molar-refractivity contribution in [3.63, 3.8) is 0 Å². The summed E-state index contributed by atoms with van der Waals surface area (Å²) in [4.78, 5) is 27.5. The lowest BCUT2D eigenvalue weighted by Gasteiger charge is -2.34. The molecule has 0 radical (unpaired) electrons. The van der Waals surface area contributed by atoms with Gasteiger partial charge in [-0.3, -0.25) is 20.2 Å². The lowest BCUT2D eigenvalue weighted by atomic mass is 10.0. The number of amides is 1. The van der Waals surface area contributed by atoms with E-state index in [-0.39, 0.29) is 16.6 Å². The van der Waals surface area contributed by atoms with E-state index in [1.54, 1.807) is 21.8 Å². The number of carbonyl (C=O) groups is 1. The highest BCUT2D eigenvalue weighted by molar-refractivity contribution is 7.89. The molecule has 178 valence electrons. The van der Waals surface area contributed by atoms with Gasteiger partial charge < -0.3 is 0 Å². The molecule has 0 spiro atoms. The third-order valence-electron chi connectivity index (χ3n) is 5.87. The molecule has 1 unspecified atom stereocenters. The summed E-state index contributed by atoms with van der Waals surface area (Å²) in [5, 5.41) is 15.6. The van der Waals surface area contributed by atoms with Crippen LogP contribution in [-0.4, -0.2) is 41.1 Å². The minimum absolute atomic E-state index is 0.0107. The standard InChI is InChI=1S/C23H24N4O5S2/c1-2-18-5-3-4-14-26(18)34(31,32)20-12-8-17(9-13-20)22(28)25-23-24-21(15-33-23)16-6-10-19(11-7-16)27(29)30/h6-13,15,18H,2-5,14H2,1H3,(H,24,25,28). The molecule has 1 saturated heterocycles. The molecule has 1 atom stereocenters. The molecule has 1 N–H and O–H groups in total. The summed E-state index contributed by atoms with van der Waals surface area (Å²) in [5.41, 5.74) is 1.59. The van der Waals surface area contributed by atoms with Gasteiger partial charge in [-0.25, -0.2) is 13.4 Å². The normalized spacial score (nSPS) is 16.8. The number of hydrogen-bond donors (Lipinski definition) is 1. The van der Waals surface area contributed by atoms with E-state index in [0.717, 1.165) is 25.7 Å². The van der Waals surface area contributed by atoms with Crippen LogP contribution in [0.2, 0.25) is 0 Å². The quantitative estimate of drug-likeness (QED) is 0.363. The lowest BCUT2D eigenvalue weighted by molar-refractivity contribution is -0.384. The Balaban J connectivity index is 1.45. The van der Waals surface area contributed by atoms with Crippen molar-refractivity contribution in [3.05, 3.63) is 69.6 Å². The number of carbonyl (C=O) groups excluding carboxylic acids is 1.